The zero-order valence-corrected chi connectivity index (χ0v) is 18.9. The second kappa shape index (κ2) is 7.76. The fourth-order valence-corrected chi connectivity index (χ4v) is 9.03. The van der Waals surface area contributed by atoms with Gasteiger partial charge < -0.3 is 20.3 Å². The lowest BCUT2D eigenvalue weighted by Crippen LogP contribution is -2.60. The summed E-state index contributed by atoms with van der Waals surface area (Å²) in [6, 6.07) is 1.66. The summed E-state index contributed by atoms with van der Waals surface area (Å²) >= 11 is 0. The van der Waals surface area contributed by atoms with Crippen molar-refractivity contribution < 1.29 is 22.5 Å². The highest BCUT2D eigenvalue weighted by atomic mass is 32.2. The van der Waals surface area contributed by atoms with E-state index in [4.69, 9.17) is 15.0 Å². The molecule has 0 radical (unpaired) electrons. The molecule has 176 valence electrons. The molecule has 5 aliphatic rings. The molecule has 0 aliphatic carbocycles. The summed E-state index contributed by atoms with van der Waals surface area (Å²) in [7, 11) is -3.53. The van der Waals surface area contributed by atoms with Gasteiger partial charge in [-0.25, -0.2) is 0 Å². The first-order valence-corrected chi connectivity index (χ1v) is 13.2. The summed E-state index contributed by atoms with van der Waals surface area (Å²) < 4.78 is 41.4. The third-order valence-electron chi connectivity index (χ3n) is 8.04. The zero-order valence-electron chi connectivity index (χ0n) is 18.1. The maximum atomic E-state index is 13.7. The van der Waals surface area contributed by atoms with Gasteiger partial charge in [0, 0.05) is 42.3 Å². The average molecular weight is 466 g/mol. The molecule has 32 heavy (non-hydrogen) atoms. The van der Waals surface area contributed by atoms with Crippen molar-refractivity contribution in [3.63, 3.8) is 0 Å². The Hall–Kier alpha value is -1.53. The van der Waals surface area contributed by atoms with Crippen molar-refractivity contribution in [2.75, 3.05) is 13.2 Å². The molecule has 3 N–H and O–H groups in total. The van der Waals surface area contributed by atoms with Gasteiger partial charge in [0.15, 0.2) is 5.69 Å². The van der Waals surface area contributed by atoms with Gasteiger partial charge >= 0.3 is 0 Å². The van der Waals surface area contributed by atoms with Crippen LogP contribution >= 0.6 is 0 Å². The Morgan fingerprint density at radius 2 is 1.56 bits per heavy atom. The van der Waals surface area contributed by atoms with Crippen molar-refractivity contribution in [3.8, 4) is 0 Å². The van der Waals surface area contributed by atoms with Crippen LogP contribution in [0.1, 0.15) is 73.5 Å². The number of hydrogen-bond acceptors (Lipinski definition) is 7. The van der Waals surface area contributed by atoms with Crippen molar-refractivity contribution in [1.82, 2.24) is 19.1 Å². The third kappa shape index (κ3) is 3.40. The van der Waals surface area contributed by atoms with E-state index in [-0.39, 0.29) is 53.8 Å². The second-order valence-electron chi connectivity index (χ2n) is 10.2. The maximum Gasteiger partial charge on any atom is 0.283 e. The molecule has 5 fully saturated rings. The Kier molecular flexibility index (Phi) is 5.10. The molecule has 0 saturated carbocycles. The van der Waals surface area contributed by atoms with E-state index >= 15 is 0 Å². The Morgan fingerprint density at radius 1 is 1.00 bits per heavy atom. The largest absolute Gasteiger partial charge is 0.380 e. The van der Waals surface area contributed by atoms with Gasteiger partial charge in [0.2, 0.25) is 0 Å². The molecule has 10 nitrogen and oxygen atoms in total. The Morgan fingerprint density at radius 3 is 2.09 bits per heavy atom. The van der Waals surface area contributed by atoms with Gasteiger partial charge in [0.1, 0.15) is 5.76 Å². The first kappa shape index (κ1) is 21.0. The van der Waals surface area contributed by atoms with Crippen LogP contribution in [0.4, 0.5) is 0 Å². The van der Waals surface area contributed by atoms with E-state index < -0.39 is 10.2 Å². The number of nitrogens with zero attached hydrogens (tertiary/aromatic N) is 3. The number of carbonyl (C=O) groups is 1. The number of ether oxygens (including phenoxy) is 1. The minimum atomic E-state index is -3.53. The van der Waals surface area contributed by atoms with E-state index in [0.717, 1.165) is 38.5 Å². The van der Waals surface area contributed by atoms with Crippen molar-refractivity contribution >= 4 is 16.1 Å². The molecule has 5 saturated heterocycles. The van der Waals surface area contributed by atoms with Crippen LogP contribution in [-0.4, -0.2) is 77.6 Å². The molecule has 1 amide bonds. The summed E-state index contributed by atoms with van der Waals surface area (Å²) in [5, 5.41) is 6.98. The molecule has 1 aromatic rings. The normalized spacial score (nSPS) is 38.0. The van der Waals surface area contributed by atoms with Gasteiger partial charge in [-0.05, 0) is 51.4 Å². The maximum absolute atomic E-state index is 13.7. The van der Waals surface area contributed by atoms with Gasteiger partial charge in [-0.1, -0.05) is 5.16 Å². The first-order valence-electron chi connectivity index (χ1n) is 11.8. The predicted octanol–water partition coefficient (Wildman–Crippen LogP) is 0.713. The number of nitrogens with two attached hydrogens (primary N) is 1. The summed E-state index contributed by atoms with van der Waals surface area (Å²) in [6.07, 6.45) is 6.27. The van der Waals surface area contributed by atoms with Crippen molar-refractivity contribution in [3.05, 3.63) is 17.5 Å². The van der Waals surface area contributed by atoms with Crippen LogP contribution < -0.4 is 11.1 Å². The van der Waals surface area contributed by atoms with E-state index in [1.807, 2.05) is 0 Å². The minimum Gasteiger partial charge on any atom is -0.380 e. The molecule has 0 spiro atoms. The van der Waals surface area contributed by atoms with Gasteiger partial charge in [-0.3, -0.25) is 4.79 Å². The van der Waals surface area contributed by atoms with Crippen LogP contribution in [-0.2, 0) is 14.9 Å². The molecular weight excluding hydrogens is 434 g/mol. The molecular formula is C21H31N5O5S. The fraction of sp³-hybridized carbons (Fsp3) is 0.810. The number of carbonyl (C=O) groups excluding carboxylic acids is 1. The van der Waals surface area contributed by atoms with E-state index in [0.29, 0.717) is 31.8 Å². The lowest BCUT2D eigenvalue weighted by atomic mass is 9.99. The van der Waals surface area contributed by atoms with E-state index in [1.165, 1.54) is 0 Å². The number of aromatic nitrogens is 1. The molecule has 11 heteroatoms. The van der Waals surface area contributed by atoms with Crippen molar-refractivity contribution in [2.45, 2.75) is 93.5 Å². The lowest BCUT2D eigenvalue weighted by molar-refractivity contribution is -0.00228. The number of nitrogens with one attached hydrogen (secondary N) is 1. The molecule has 0 aromatic carbocycles. The van der Waals surface area contributed by atoms with Crippen LogP contribution in [0.3, 0.4) is 0 Å². The fourth-order valence-electron chi connectivity index (χ4n) is 6.54. The summed E-state index contributed by atoms with van der Waals surface area (Å²) in [4.78, 5) is 12.7. The Labute approximate surface area is 188 Å². The van der Waals surface area contributed by atoms with E-state index in [9.17, 15) is 13.2 Å². The number of fused-ring (bicyclic) bond motifs is 4. The highest BCUT2D eigenvalue weighted by Gasteiger charge is 2.54. The van der Waals surface area contributed by atoms with Crippen LogP contribution in [0.25, 0.3) is 0 Å². The summed E-state index contributed by atoms with van der Waals surface area (Å²) in [5.74, 6) is 0.593. The van der Waals surface area contributed by atoms with Crippen LogP contribution in [0.15, 0.2) is 10.6 Å². The van der Waals surface area contributed by atoms with Gasteiger partial charge in [-0.2, -0.15) is 17.0 Å². The van der Waals surface area contributed by atoms with Gasteiger partial charge in [-0.15, -0.1) is 0 Å². The first-order chi connectivity index (χ1) is 15.4. The second-order valence-corrected chi connectivity index (χ2v) is 11.9. The third-order valence-corrected chi connectivity index (χ3v) is 10.3. The molecule has 6 atom stereocenters. The summed E-state index contributed by atoms with van der Waals surface area (Å²) in [6.45, 7) is 1.19. The average Bonchev–Trinajstić information content (AvgIpc) is 3.36. The quantitative estimate of drug-likeness (QED) is 0.655. The molecule has 4 bridgehead atoms. The van der Waals surface area contributed by atoms with Crippen molar-refractivity contribution in [2.24, 2.45) is 5.73 Å². The van der Waals surface area contributed by atoms with Crippen LogP contribution in [0.5, 0.6) is 0 Å². The molecule has 2 unspecified atom stereocenters. The van der Waals surface area contributed by atoms with Gasteiger partial charge in [0.05, 0.1) is 19.1 Å². The topological polar surface area (TPSA) is 131 Å². The number of piperidine rings is 2. The smallest absolute Gasteiger partial charge is 0.283 e. The molecule has 1 aromatic heterocycles. The van der Waals surface area contributed by atoms with Crippen LogP contribution in [0.2, 0.25) is 0 Å². The highest BCUT2D eigenvalue weighted by Crippen LogP contribution is 2.44. The standard InChI is InChI=1S/C21H31N5O5S/c22-13-5-15-1-2-16(6-13)25(15)32(28,29)26-17-3-4-18(26)8-14(7-17)23-21(27)19-9-20(31-24-19)12-10-30-11-12/h9,12-18H,1-8,10-11,22H2,(H,23,27)/t13?,14?,15-,16+,17-,18+. The van der Waals surface area contributed by atoms with Crippen molar-refractivity contribution in [1.29, 1.82) is 0 Å². The SMILES string of the molecule is NC1C[C@H]2CC[C@@H](C1)N2S(=O)(=O)N1[C@@H]2CC[C@H]1CC(NC(=O)c1cc(C3COC3)on1)C2. The number of hydrogen-bond donors (Lipinski definition) is 2. The van der Waals surface area contributed by atoms with Gasteiger partial charge in [0.25, 0.3) is 16.1 Å². The Balaban J connectivity index is 1.13. The number of rotatable bonds is 5. The lowest BCUT2D eigenvalue weighted by Gasteiger charge is -2.44. The Bertz CT molecular complexity index is 966. The molecule has 5 aliphatic heterocycles. The predicted molar refractivity (Wildman–Crippen MR) is 114 cm³/mol. The summed E-state index contributed by atoms with van der Waals surface area (Å²) in [5.41, 5.74) is 6.43. The molecule has 6 rings (SSSR count). The molecule has 6 heterocycles. The monoisotopic (exact) mass is 465 g/mol. The van der Waals surface area contributed by atoms with E-state index in [1.54, 1.807) is 14.7 Å². The minimum absolute atomic E-state index is 0.0352. The van der Waals surface area contributed by atoms with E-state index in [2.05, 4.69) is 10.5 Å². The number of amides is 1. The highest BCUT2D eigenvalue weighted by molar-refractivity contribution is 7.86. The van der Waals surface area contributed by atoms with Crippen LogP contribution in [0, 0.1) is 0 Å². The zero-order chi connectivity index (χ0) is 22.0.